The molecule has 2 atom stereocenters. The molecule has 1 fully saturated rings. The van der Waals surface area contributed by atoms with E-state index in [-0.39, 0.29) is 0 Å². The summed E-state index contributed by atoms with van der Waals surface area (Å²) in [6.45, 7) is 9.05. The molecule has 0 aromatic rings. The van der Waals surface area contributed by atoms with Gasteiger partial charge >= 0.3 is 0 Å². The van der Waals surface area contributed by atoms with Crippen LogP contribution in [0.15, 0.2) is 0 Å². The molecule has 28 heavy (non-hydrogen) atoms. The van der Waals surface area contributed by atoms with E-state index >= 15 is 0 Å². The van der Waals surface area contributed by atoms with Gasteiger partial charge in [-0.25, -0.2) is 8.42 Å². The molecule has 5 nitrogen and oxygen atoms in total. The minimum atomic E-state index is -4.41. The molecule has 0 amide bonds. The summed E-state index contributed by atoms with van der Waals surface area (Å²) in [6.07, 6.45) is 22.1. The fraction of sp³-hybridized carbons (Fsp3) is 1.00. The third-order valence-corrected chi connectivity index (χ3v) is 6.12. The molecule has 1 saturated heterocycles. The van der Waals surface area contributed by atoms with E-state index in [1.165, 1.54) is 116 Å². The molecule has 6 heteroatoms. The fourth-order valence-electron chi connectivity index (χ4n) is 3.94. The van der Waals surface area contributed by atoms with E-state index in [1.807, 2.05) is 4.90 Å². The second-order valence-corrected chi connectivity index (χ2v) is 9.67. The summed E-state index contributed by atoms with van der Waals surface area (Å²) in [6, 6.07) is 0. The first-order chi connectivity index (χ1) is 13.4. The first-order valence-electron chi connectivity index (χ1n) is 11.7. The predicted octanol–water partition coefficient (Wildman–Crippen LogP) is 4.49. The minimum Gasteiger partial charge on any atom is -0.726 e. The SMILES string of the molecule is CCCCCCCCCCCCCCCC[NH+]1CCC(C)C1.COS(=O)(=O)[O-]. The number of hydrogen-bond donors (Lipinski definition) is 1. The zero-order valence-electron chi connectivity index (χ0n) is 18.8. The quantitative estimate of drug-likeness (QED) is 0.226. The van der Waals surface area contributed by atoms with Crippen molar-refractivity contribution in [2.75, 3.05) is 26.7 Å². The van der Waals surface area contributed by atoms with Gasteiger partial charge in [-0.1, -0.05) is 90.9 Å². The normalized spacial score (nSPS) is 19.4. The van der Waals surface area contributed by atoms with E-state index < -0.39 is 10.4 Å². The van der Waals surface area contributed by atoms with Crippen molar-refractivity contribution in [3.8, 4) is 0 Å². The Morgan fingerprint density at radius 1 is 0.857 bits per heavy atom. The molecule has 1 N–H and O–H groups in total. The molecular weight excluding hydrogens is 374 g/mol. The van der Waals surface area contributed by atoms with Gasteiger partial charge in [0.1, 0.15) is 0 Å². The number of hydrogen-bond acceptors (Lipinski definition) is 4. The lowest BCUT2D eigenvalue weighted by Gasteiger charge is -2.12. The first-order valence-corrected chi connectivity index (χ1v) is 13.1. The third kappa shape index (κ3) is 20.6. The van der Waals surface area contributed by atoms with Crippen LogP contribution in [0.1, 0.15) is 110 Å². The monoisotopic (exact) mass is 421 g/mol. The maximum atomic E-state index is 9.22. The van der Waals surface area contributed by atoms with Crippen molar-refractivity contribution < 1.29 is 22.1 Å². The average Bonchev–Trinajstić information content (AvgIpc) is 3.07. The Kier molecular flexibility index (Phi) is 18.7. The molecule has 2 unspecified atom stereocenters. The molecule has 0 aromatic heterocycles. The van der Waals surface area contributed by atoms with Crippen LogP contribution in [0.2, 0.25) is 0 Å². The second kappa shape index (κ2) is 18.8. The number of rotatable bonds is 16. The van der Waals surface area contributed by atoms with Gasteiger partial charge in [0, 0.05) is 12.3 Å². The Bertz CT molecular complexity index is 428. The Morgan fingerprint density at radius 2 is 1.25 bits per heavy atom. The van der Waals surface area contributed by atoms with E-state index in [0.717, 1.165) is 13.0 Å². The van der Waals surface area contributed by atoms with E-state index in [0.29, 0.717) is 0 Å². The summed E-state index contributed by atoms with van der Waals surface area (Å²) in [4.78, 5) is 1.88. The van der Waals surface area contributed by atoms with Crippen molar-refractivity contribution in [3.05, 3.63) is 0 Å². The summed E-state index contributed by atoms with van der Waals surface area (Å²) >= 11 is 0. The van der Waals surface area contributed by atoms with Crippen LogP contribution >= 0.6 is 0 Å². The molecule has 0 aromatic carbocycles. The van der Waals surface area contributed by atoms with Gasteiger partial charge in [-0.2, -0.15) is 0 Å². The van der Waals surface area contributed by atoms with Crippen molar-refractivity contribution in [1.29, 1.82) is 0 Å². The molecule has 170 valence electrons. The molecule has 0 bridgehead atoms. The largest absolute Gasteiger partial charge is 0.726 e. The number of quaternary nitrogens is 1. The second-order valence-electron chi connectivity index (χ2n) is 8.52. The summed E-state index contributed by atoms with van der Waals surface area (Å²) in [5.74, 6) is 0.988. The van der Waals surface area contributed by atoms with Crippen LogP contribution in [0.5, 0.6) is 0 Å². The Labute approximate surface area is 175 Å². The van der Waals surface area contributed by atoms with Crippen molar-refractivity contribution in [1.82, 2.24) is 0 Å². The Hall–Kier alpha value is -0.170. The summed E-state index contributed by atoms with van der Waals surface area (Å²) in [5, 5.41) is 0. The highest BCUT2D eigenvalue weighted by atomic mass is 32.3. The first kappa shape index (κ1) is 27.8. The van der Waals surface area contributed by atoms with Crippen LogP contribution in [-0.2, 0) is 14.6 Å². The molecule has 1 aliphatic heterocycles. The van der Waals surface area contributed by atoms with Crippen molar-refractivity contribution in [2.24, 2.45) is 5.92 Å². The van der Waals surface area contributed by atoms with Gasteiger partial charge in [-0.3, -0.25) is 4.18 Å². The van der Waals surface area contributed by atoms with Crippen molar-refractivity contribution in [3.63, 3.8) is 0 Å². The van der Waals surface area contributed by atoms with Gasteiger partial charge in [0.2, 0.25) is 10.4 Å². The lowest BCUT2D eigenvalue weighted by atomic mass is 10.0. The van der Waals surface area contributed by atoms with E-state index in [9.17, 15) is 13.0 Å². The lowest BCUT2D eigenvalue weighted by Crippen LogP contribution is -3.10. The smallest absolute Gasteiger partial charge is 0.217 e. The molecule has 0 radical (unpaired) electrons. The summed E-state index contributed by atoms with van der Waals surface area (Å²) in [5.41, 5.74) is 0. The Morgan fingerprint density at radius 3 is 1.57 bits per heavy atom. The highest BCUT2D eigenvalue weighted by Crippen LogP contribution is 2.12. The van der Waals surface area contributed by atoms with E-state index in [2.05, 4.69) is 18.0 Å². The summed E-state index contributed by atoms with van der Waals surface area (Å²) < 4.78 is 31.0. The lowest BCUT2D eigenvalue weighted by molar-refractivity contribution is -0.889. The molecule has 1 aliphatic rings. The van der Waals surface area contributed by atoms with Gasteiger partial charge in [0.25, 0.3) is 0 Å². The fourth-order valence-corrected chi connectivity index (χ4v) is 3.94. The topological polar surface area (TPSA) is 70.9 Å². The van der Waals surface area contributed by atoms with Crippen LogP contribution in [0.3, 0.4) is 0 Å². The highest BCUT2D eigenvalue weighted by Gasteiger charge is 2.21. The minimum absolute atomic E-state index is 0.808. The van der Waals surface area contributed by atoms with Gasteiger partial charge in [-0.05, 0) is 12.8 Å². The molecule has 1 rings (SSSR count). The predicted molar refractivity (Wildman–Crippen MR) is 116 cm³/mol. The van der Waals surface area contributed by atoms with E-state index in [4.69, 9.17) is 0 Å². The zero-order chi connectivity index (χ0) is 21.1. The Balaban J connectivity index is 0.00000105. The number of nitrogens with one attached hydrogen (secondary N) is 1. The van der Waals surface area contributed by atoms with Gasteiger partial charge in [-0.15, -0.1) is 0 Å². The highest BCUT2D eigenvalue weighted by molar-refractivity contribution is 7.80. The van der Waals surface area contributed by atoms with Gasteiger partial charge < -0.3 is 9.45 Å². The van der Waals surface area contributed by atoms with Crippen molar-refractivity contribution in [2.45, 2.75) is 110 Å². The van der Waals surface area contributed by atoms with Crippen LogP contribution in [0.4, 0.5) is 0 Å². The molecule has 0 saturated carbocycles. The van der Waals surface area contributed by atoms with Crippen LogP contribution < -0.4 is 4.90 Å². The maximum absolute atomic E-state index is 9.22. The van der Waals surface area contributed by atoms with Crippen LogP contribution in [0.25, 0.3) is 0 Å². The van der Waals surface area contributed by atoms with Crippen molar-refractivity contribution >= 4 is 10.4 Å². The zero-order valence-corrected chi connectivity index (χ0v) is 19.7. The molecule has 0 aliphatic carbocycles. The molecule has 0 spiro atoms. The molecular formula is C22H47NO4S. The van der Waals surface area contributed by atoms with E-state index in [1.54, 1.807) is 0 Å². The number of unbranched alkanes of at least 4 members (excludes halogenated alkanes) is 13. The van der Waals surface area contributed by atoms with Gasteiger partial charge in [0.05, 0.1) is 26.7 Å². The summed E-state index contributed by atoms with van der Waals surface area (Å²) in [7, 11) is -3.60. The third-order valence-electron chi connectivity index (χ3n) is 5.72. The standard InChI is InChI=1S/C21H43N.CH4O4S/c1-3-4-5-6-7-8-9-10-11-12-13-14-15-16-18-22-19-17-21(2)20-22;1-5-6(2,3)4/h21H,3-20H2,1-2H3;1H3,(H,2,3,4). The number of likely N-dealkylation sites (tertiary alicyclic amines) is 1. The maximum Gasteiger partial charge on any atom is 0.217 e. The average molecular weight is 422 g/mol. The van der Waals surface area contributed by atoms with Crippen LogP contribution in [0, 0.1) is 5.92 Å². The molecule has 1 heterocycles. The van der Waals surface area contributed by atoms with Gasteiger partial charge in [0.15, 0.2) is 0 Å². The van der Waals surface area contributed by atoms with Crippen LogP contribution in [-0.4, -0.2) is 39.7 Å².